The number of hydrogen-bond acceptors (Lipinski definition) is 4. The van der Waals surface area contributed by atoms with Crippen LogP contribution in [0.5, 0.6) is 0 Å². The van der Waals surface area contributed by atoms with Crippen LogP contribution in [-0.4, -0.2) is 31.0 Å². The van der Waals surface area contributed by atoms with Gasteiger partial charge in [-0.15, -0.1) is 24.8 Å². The van der Waals surface area contributed by atoms with E-state index in [9.17, 15) is 4.79 Å². The third kappa shape index (κ3) is 3.75. The number of nitrogens with zero attached hydrogens (tertiary/aromatic N) is 3. The van der Waals surface area contributed by atoms with Gasteiger partial charge in [0.05, 0.1) is 17.1 Å². The van der Waals surface area contributed by atoms with Crippen LogP contribution in [0.1, 0.15) is 16.1 Å². The van der Waals surface area contributed by atoms with Crippen LogP contribution in [0.15, 0.2) is 42.6 Å². The van der Waals surface area contributed by atoms with Crippen molar-refractivity contribution in [2.75, 3.05) is 29.9 Å². The summed E-state index contributed by atoms with van der Waals surface area (Å²) in [5.74, 6) is -0.00681. The van der Waals surface area contributed by atoms with Gasteiger partial charge in [0.1, 0.15) is 0 Å². The van der Waals surface area contributed by atoms with E-state index in [0.29, 0.717) is 18.7 Å². The Labute approximate surface area is 148 Å². The summed E-state index contributed by atoms with van der Waals surface area (Å²) in [6.45, 7) is 1.82. The number of para-hydroxylation sites is 2. The van der Waals surface area contributed by atoms with Crippen LogP contribution in [0.25, 0.3) is 0 Å². The number of rotatable bonds is 2. The van der Waals surface area contributed by atoms with E-state index in [1.54, 1.807) is 18.3 Å². The molecule has 1 aromatic carbocycles. The molecule has 7 heteroatoms. The van der Waals surface area contributed by atoms with Gasteiger partial charge in [-0.1, -0.05) is 12.1 Å². The van der Waals surface area contributed by atoms with E-state index >= 15 is 0 Å². The molecule has 2 heterocycles. The van der Waals surface area contributed by atoms with E-state index in [2.05, 4.69) is 9.88 Å². The molecule has 0 saturated heterocycles. The lowest BCUT2D eigenvalue weighted by atomic mass is 10.1. The fourth-order valence-electron chi connectivity index (χ4n) is 2.60. The van der Waals surface area contributed by atoms with E-state index in [4.69, 9.17) is 5.73 Å². The molecular formula is C16H20Cl2N4O. The Morgan fingerprint density at radius 1 is 1.17 bits per heavy atom. The van der Waals surface area contributed by atoms with E-state index in [-0.39, 0.29) is 30.7 Å². The molecule has 0 spiro atoms. The first-order valence-electron chi connectivity index (χ1n) is 6.97. The summed E-state index contributed by atoms with van der Waals surface area (Å²) in [6, 6.07) is 11.5. The molecule has 1 aromatic heterocycles. The van der Waals surface area contributed by atoms with Gasteiger partial charge in [0.2, 0.25) is 0 Å². The minimum absolute atomic E-state index is 0. The molecule has 0 aliphatic carbocycles. The number of anilines is 2. The molecule has 0 saturated carbocycles. The van der Waals surface area contributed by atoms with Gasteiger partial charge in [-0.2, -0.15) is 0 Å². The number of amides is 1. The number of carbonyl (C=O) groups is 1. The number of nitrogens with two attached hydrogens (primary N) is 1. The number of likely N-dealkylation sites (N-methyl/N-ethyl adjacent to an activating group) is 1. The molecule has 2 N–H and O–H groups in total. The standard InChI is InChI=1S/C16H18N4O.2ClH/c1-19-8-9-20(15-5-3-2-4-14(15)19)16(21)12-6-7-18-13(10-12)11-17;;/h2-7,10H,8-9,11,17H2,1H3;2*1H. The molecule has 0 bridgehead atoms. The van der Waals surface area contributed by atoms with Crippen LogP contribution >= 0.6 is 24.8 Å². The molecule has 1 aliphatic heterocycles. The first kappa shape index (κ1) is 19.2. The molecular weight excluding hydrogens is 335 g/mol. The molecule has 23 heavy (non-hydrogen) atoms. The van der Waals surface area contributed by atoms with Gasteiger partial charge in [0, 0.05) is 38.4 Å². The van der Waals surface area contributed by atoms with Crippen molar-refractivity contribution in [1.29, 1.82) is 0 Å². The second-order valence-corrected chi connectivity index (χ2v) is 5.11. The molecule has 5 nitrogen and oxygen atoms in total. The number of hydrogen-bond donors (Lipinski definition) is 1. The number of aromatic nitrogens is 1. The zero-order valence-corrected chi connectivity index (χ0v) is 14.4. The highest BCUT2D eigenvalue weighted by molar-refractivity contribution is 6.08. The van der Waals surface area contributed by atoms with Gasteiger partial charge < -0.3 is 15.5 Å². The Balaban J connectivity index is 0.00000132. The van der Waals surface area contributed by atoms with Gasteiger partial charge in [0.15, 0.2) is 0 Å². The Hall–Kier alpha value is -1.82. The lowest BCUT2D eigenvalue weighted by Gasteiger charge is -2.35. The monoisotopic (exact) mass is 354 g/mol. The Kier molecular flexibility index (Phi) is 6.81. The summed E-state index contributed by atoms with van der Waals surface area (Å²) in [5, 5.41) is 0. The second kappa shape index (κ2) is 8.15. The fourth-order valence-corrected chi connectivity index (χ4v) is 2.60. The first-order valence-corrected chi connectivity index (χ1v) is 6.97. The van der Waals surface area contributed by atoms with Gasteiger partial charge in [-0.3, -0.25) is 9.78 Å². The number of fused-ring (bicyclic) bond motifs is 1. The van der Waals surface area contributed by atoms with Crippen molar-refractivity contribution in [3.8, 4) is 0 Å². The highest BCUT2D eigenvalue weighted by Gasteiger charge is 2.25. The first-order chi connectivity index (χ1) is 10.2. The molecule has 1 amide bonds. The van der Waals surface area contributed by atoms with Crippen molar-refractivity contribution < 1.29 is 4.79 Å². The average molecular weight is 355 g/mol. The quantitative estimate of drug-likeness (QED) is 0.899. The van der Waals surface area contributed by atoms with Gasteiger partial charge in [-0.25, -0.2) is 0 Å². The van der Waals surface area contributed by atoms with Crippen molar-refractivity contribution in [3.05, 3.63) is 53.9 Å². The molecule has 2 aromatic rings. The smallest absolute Gasteiger partial charge is 0.258 e. The SMILES string of the molecule is CN1CCN(C(=O)c2ccnc(CN)c2)c2ccccc21.Cl.Cl. The third-order valence-corrected chi connectivity index (χ3v) is 3.76. The predicted octanol–water partition coefficient (Wildman–Crippen LogP) is 2.48. The predicted molar refractivity (Wildman–Crippen MR) is 98.0 cm³/mol. The Morgan fingerprint density at radius 2 is 1.87 bits per heavy atom. The average Bonchev–Trinajstić information content (AvgIpc) is 2.55. The van der Waals surface area contributed by atoms with Crippen LogP contribution in [-0.2, 0) is 6.54 Å². The number of halogens is 2. The van der Waals surface area contributed by atoms with E-state index < -0.39 is 0 Å². The van der Waals surface area contributed by atoms with Crippen LogP contribution in [0.4, 0.5) is 11.4 Å². The maximum atomic E-state index is 12.8. The molecule has 0 unspecified atom stereocenters. The minimum atomic E-state index is -0.00681. The number of carbonyl (C=O) groups excluding carboxylic acids is 1. The van der Waals surface area contributed by atoms with Crippen molar-refractivity contribution in [1.82, 2.24) is 4.98 Å². The van der Waals surface area contributed by atoms with Gasteiger partial charge in [-0.05, 0) is 24.3 Å². The lowest BCUT2D eigenvalue weighted by molar-refractivity contribution is 0.0986. The maximum Gasteiger partial charge on any atom is 0.258 e. The lowest BCUT2D eigenvalue weighted by Crippen LogP contribution is -2.42. The second-order valence-electron chi connectivity index (χ2n) is 5.11. The Bertz CT molecular complexity index is 681. The summed E-state index contributed by atoms with van der Waals surface area (Å²) in [4.78, 5) is 20.9. The minimum Gasteiger partial charge on any atom is -0.371 e. The topological polar surface area (TPSA) is 62.5 Å². The fraction of sp³-hybridized carbons (Fsp3) is 0.250. The zero-order chi connectivity index (χ0) is 14.8. The third-order valence-electron chi connectivity index (χ3n) is 3.76. The van der Waals surface area contributed by atoms with Crippen LogP contribution in [0.3, 0.4) is 0 Å². The van der Waals surface area contributed by atoms with Gasteiger partial charge >= 0.3 is 0 Å². The van der Waals surface area contributed by atoms with Crippen molar-refractivity contribution in [3.63, 3.8) is 0 Å². The largest absolute Gasteiger partial charge is 0.371 e. The molecule has 0 fully saturated rings. The van der Waals surface area contributed by atoms with E-state index in [0.717, 1.165) is 23.6 Å². The molecule has 1 aliphatic rings. The number of pyridine rings is 1. The van der Waals surface area contributed by atoms with E-state index in [1.807, 2.05) is 36.2 Å². The molecule has 3 rings (SSSR count). The van der Waals surface area contributed by atoms with Crippen molar-refractivity contribution in [2.24, 2.45) is 5.73 Å². The van der Waals surface area contributed by atoms with Gasteiger partial charge in [0.25, 0.3) is 5.91 Å². The maximum absolute atomic E-state index is 12.8. The molecule has 0 atom stereocenters. The van der Waals surface area contributed by atoms with Crippen LogP contribution < -0.4 is 15.5 Å². The van der Waals surface area contributed by atoms with Crippen molar-refractivity contribution >= 4 is 42.1 Å². The summed E-state index contributed by atoms with van der Waals surface area (Å²) in [5.41, 5.74) is 8.97. The normalized spacial score (nSPS) is 12.8. The van der Waals surface area contributed by atoms with Crippen molar-refractivity contribution in [2.45, 2.75) is 6.54 Å². The van der Waals surface area contributed by atoms with E-state index in [1.165, 1.54) is 0 Å². The zero-order valence-electron chi connectivity index (χ0n) is 12.8. The summed E-state index contributed by atoms with van der Waals surface area (Å²) in [6.07, 6.45) is 1.64. The Morgan fingerprint density at radius 3 is 2.57 bits per heavy atom. The van der Waals surface area contributed by atoms with Crippen LogP contribution in [0.2, 0.25) is 0 Å². The highest BCUT2D eigenvalue weighted by Crippen LogP contribution is 2.32. The highest BCUT2D eigenvalue weighted by atomic mass is 35.5. The molecule has 124 valence electrons. The summed E-state index contributed by atoms with van der Waals surface area (Å²) >= 11 is 0. The summed E-state index contributed by atoms with van der Waals surface area (Å²) < 4.78 is 0. The van der Waals surface area contributed by atoms with Crippen LogP contribution in [0, 0.1) is 0 Å². The summed E-state index contributed by atoms with van der Waals surface area (Å²) in [7, 11) is 2.04. The number of benzene rings is 1. The molecule has 0 radical (unpaired) electrons.